The molecule has 0 saturated heterocycles. The molecule has 8 heteroatoms. The first-order chi connectivity index (χ1) is 9.93. The first-order valence-electron chi connectivity index (χ1n) is 5.96. The molecule has 7 nitrogen and oxygen atoms in total. The fourth-order valence-electron chi connectivity index (χ4n) is 1.83. The van der Waals surface area contributed by atoms with E-state index >= 15 is 0 Å². The summed E-state index contributed by atoms with van der Waals surface area (Å²) in [7, 11) is 1.40. The van der Waals surface area contributed by atoms with Gasteiger partial charge in [-0.2, -0.15) is 0 Å². The molecule has 1 amide bonds. The maximum Gasteiger partial charge on any atom is 0.331 e. The Balaban J connectivity index is 2.67. The van der Waals surface area contributed by atoms with Gasteiger partial charge in [0, 0.05) is 12.1 Å². The van der Waals surface area contributed by atoms with Crippen molar-refractivity contribution in [2.45, 2.75) is 6.54 Å². The Morgan fingerprint density at radius 1 is 1.43 bits per heavy atom. The average Bonchev–Trinajstić information content (AvgIpc) is 2.43. The molecule has 0 bridgehead atoms. The van der Waals surface area contributed by atoms with Gasteiger partial charge in [-0.1, -0.05) is 23.7 Å². The maximum atomic E-state index is 11.9. The number of nitrogens with zero attached hydrogens (tertiary/aromatic N) is 1. The van der Waals surface area contributed by atoms with Crippen LogP contribution < -0.4 is 16.6 Å². The number of likely N-dealkylation sites (N-methyl/N-ethyl adjacent to an activating group) is 1. The van der Waals surface area contributed by atoms with Crippen LogP contribution in [0.25, 0.3) is 11.1 Å². The van der Waals surface area contributed by atoms with Crippen LogP contribution in [0.4, 0.5) is 0 Å². The van der Waals surface area contributed by atoms with Gasteiger partial charge >= 0.3 is 5.69 Å². The van der Waals surface area contributed by atoms with Crippen LogP contribution in [0.2, 0.25) is 5.02 Å². The van der Waals surface area contributed by atoms with Crippen LogP contribution in [-0.4, -0.2) is 27.6 Å². The molecule has 0 radical (unpaired) electrons. The SMILES string of the molecule is CNC(=O)Cn1c(O)c(-c2cccc(Cl)c2)c(=O)[nH]c1=O. The zero-order valence-electron chi connectivity index (χ0n) is 11.0. The van der Waals surface area contributed by atoms with Crippen LogP contribution in [0.3, 0.4) is 0 Å². The number of amides is 1. The highest BCUT2D eigenvalue weighted by molar-refractivity contribution is 6.30. The molecule has 3 N–H and O–H groups in total. The van der Waals surface area contributed by atoms with Crippen molar-refractivity contribution in [1.82, 2.24) is 14.9 Å². The Hall–Kier alpha value is -2.54. The molecule has 1 aromatic heterocycles. The molecule has 2 rings (SSSR count). The van der Waals surface area contributed by atoms with E-state index in [2.05, 4.69) is 10.3 Å². The van der Waals surface area contributed by atoms with Crippen LogP contribution in [-0.2, 0) is 11.3 Å². The minimum absolute atomic E-state index is 0.124. The Bertz CT molecular complexity index is 810. The summed E-state index contributed by atoms with van der Waals surface area (Å²) in [4.78, 5) is 37.1. The first-order valence-corrected chi connectivity index (χ1v) is 6.34. The first kappa shape index (κ1) is 14.9. The Labute approximate surface area is 123 Å². The highest BCUT2D eigenvalue weighted by atomic mass is 35.5. The fraction of sp³-hybridized carbons (Fsp3) is 0.154. The van der Waals surface area contributed by atoms with Crippen molar-refractivity contribution >= 4 is 17.5 Å². The zero-order valence-corrected chi connectivity index (χ0v) is 11.8. The Morgan fingerprint density at radius 2 is 2.14 bits per heavy atom. The standard InChI is InChI=1S/C13H12ClN3O4/c1-15-9(18)6-17-12(20)10(11(19)16-13(17)21)7-3-2-4-8(14)5-7/h2-5,20H,6H2,1H3,(H,15,18)(H,16,19,21). The minimum atomic E-state index is -0.869. The van der Waals surface area contributed by atoms with Gasteiger partial charge in [0.05, 0.1) is 0 Å². The summed E-state index contributed by atoms with van der Waals surface area (Å²) in [6.07, 6.45) is 0. The lowest BCUT2D eigenvalue weighted by Crippen LogP contribution is -2.35. The molecule has 1 heterocycles. The smallest absolute Gasteiger partial charge is 0.331 e. The van der Waals surface area contributed by atoms with Crippen molar-refractivity contribution in [3.8, 4) is 17.0 Å². The summed E-state index contributed by atoms with van der Waals surface area (Å²) in [6, 6.07) is 6.24. The maximum absolute atomic E-state index is 11.9. The third-order valence-electron chi connectivity index (χ3n) is 2.87. The Morgan fingerprint density at radius 3 is 2.76 bits per heavy atom. The molecular weight excluding hydrogens is 298 g/mol. The van der Waals surface area contributed by atoms with E-state index in [4.69, 9.17) is 11.6 Å². The fourth-order valence-corrected chi connectivity index (χ4v) is 2.02. The molecule has 0 aliphatic rings. The molecule has 1 aromatic carbocycles. The summed E-state index contributed by atoms with van der Waals surface area (Å²) < 4.78 is 0.774. The van der Waals surface area contributed by atoms with Crippen LogP contribution in [0, 0.1) is 0 Å². The molecule has 0 unspecified atom stereocenters. The van der Waals surface area contributed by atoms with Gasteiger partial charge < -0.3 is 10.4 Å². The van der Waals surface area contributed by atoms with Crippen molar-refractivity contribution in [2.24, 2.45) is 0 Å². The van der Waals surface area contributed by atoms with Gasteiger partial charge in [0.1, 0.15) is 12.1 Å². The molecule has 0 saturated carbocycles. The molecule has 0 atom stereocenters. The van der Waals surface area contributed by atoms with E-state index < -0.39 is 29.6 Å². The van der Waals surface area contributed by atoms with E-state index in [0.29, 0.717) is 10.6 Å². The second-order valence-electron chi connectivity index (χ2n) is 4.23. The molecular formula is C13H12ClN3O4. The molecule has 0 aliphatic heterocycles. The van der Waals surface area contributed by atoms with Crippen LogP contribution >= 0.6 is 11.6 Å². The van der Waals surface area contributed by atoms with Gasteiger partial charge in [0.15, 0.2) is 0 Å². The van der Waals surface area contributed by atoms with Gasteiger partial charge in [0.25, 0.3) is 5.56 Å². The van der Waals surface area contributed by atoms with E-state index in [1.54, 1.807) is 18.2 Å². The molecule has 0 aliphatic carbocycles. The van der Waals surface area contributed by atoms with E-state index in [9.17, 15) is 19.5 Å². The van der Waals surface area contributed by atoms with E-state index in [1.807, 2.05) is 0 Å². The average molecular weight is 310 g/mol. The highest BCUT2D eigenvalue weighted by Crippen LogP contribution is 2.26. The van der Waals surface area contributed by atoms with Crippen molar-refractivity contribution < 1.29 is 9.90 Å². The summed E-state index contributed by atoms with van der Waals surface area (Å²) >= 11 is 5.85. The number of aromatic amines is 1. The number of rotatable bonds is 3. The number of carbonyl (C=O) groups excluding carboxylic acids is 1. The van der Waals surface area contributed by atoms with Gasteiger partial charge in [-0.15, -0.1) is 0 Å². The summed E-state index contributed by atoms with van der Waals surface area (Å²) in [6.45, 7) is -0.411. The lowest BCUT2D eigenvalue weighted by Gasteiger charge is -2.11. The summed E-state index contributed by atoms with van der Waals surface area (Å²) in [5.41, 5.74) is -1.41. The predicted molar refractivity (Wildman–Crippen MR) is 77.5 cm³/mol. The van der Waals surface area contributed by atoms with Crippen molar-refractivity contribution in [1.29, 1.82) is 0 Å². The molecule has 0 spiro atoms. The van der Waals surface area contributed by atoms with Crippen molar-refractivity contribution in [3.05, 3.63) is 50.1 Å². The van der Waals surface area contributed by atoms with Crippen molar-refractivity contribution in [3.63, 3.8) is 0 Å². The second kappa shape index (κ2) is 5.84. The lowest BCUT2D eigenvalue weighted by atomic mass is 10.1. The number of H-pyrrole nitrogens is 1. The van der Waals surface area contributed by atoms with E-state index in [0.717, 1.165) is 4.57 Å². The van der Waals surface area contributed by atoms with Crippen LogP contribution in [0.1, 0.15) is 0 Å². The van der Waals surface area contributed by atoms with Gasteiger partial charge in [-0.05, 0) is 17.7 Å². The number of benzene rings is 1. The van der Waals surface area contributed by atoms with E-state index in [-0.39, 0.29) is 5.56 Å². The monoisotopic (exact) mass is 309 g/mol. The van der Waals surface area contributed by atoms with Gasteiger partial charge in [-0.25, -0.2) is 4.79 Å². The quantitative estimate of drug-likeness (QED) is 0.759. The number of aromatic nitrogens is 2. The molecule has 2 aromatic rings. The number of hydrogen-bond donors (Lipinski definition) is 3. The second-order valence-corrected chi connectivity index (χ2v) is 4.66. The molecule has 110 valence electrons. The zero-order chi connectivity index (χ0) is 15.6. The third-order valence-corrected chi connectivity index (χ3v) is 3.10. The normalized spacial score (nSPS) is 10.4. The molecule has 0 fully saturated rings. The number of carbonyl (C=O) groups is 1. The number of halogens is 1. The van der Waals surface area contributed by atoms with Crippen molar-refractivity contribution in [2.75, 3.05) is 7.05 Å². The Kier molecular flexibility index (Phi) is 4.13. The van der Waals surface area contributed by atoms with Gasteiger partial charge in [-0.3, -0.25) is 19.1 Å². The molecule has 21 heavy (non-hydrogen) atoms. The van der Waals surface area contributed by atoms with Gasteiger partial charge in [0.2, 0.25) is 11.8 Å². The minimum Gasteiger partial charge on any atom is -0.494 e. The number of aromatic hydroxyl groups is 1. The summed E-state index contributed by atoms with van der Waals surface area (Å²) in [5, 5.41) is 12.9. The van der Waals surface area contributed by atoms with Crippen LogP contribution in [0.5, 0.6) is 5.88 Å². The predicted octanol–water partition coefficient (Wildman–Crippen LogP) is 0.309. The largest absolute Gasteiger partial charge is 0.494 e. The van der Waals surface area contributed by atoms with Crippen LogP contribution in [0.15, 0.2) is 33.9 Å². The number of nitrogens with one attached hydrogen (secondary N) is 2. The van der Waals surface area contributed by atoms with E-state index in [1.165, 1.54) is 13.1 Å². The highest BCUT2D eigenvalue weighted by Gasteiger charge is 2.17. The third kappa shape index (κ3) is 2.97. The lowest BCUT2D eigenvalue weighted by molar-refractivity contribution is -0.121. The number of hydrogen-bond acceptors (Lipinski definition) is 4. The summed E-state index contributed by atoms with van der Waals surface area (Å²) in [5.74, 6) is -1.08. The topological polar surface area (TPSA) is 104 Å².